The zero-order valence-corrected chi connectivity index (χ0v) is 12.7. The molecule has 1 aliphatic rings. The number of rotatable bonds is 3. The number of aryl methyl sites for hydroxylation is 1. The lowest BCUT2D eigenvalue weighted by Crippen LogP contribution is -2.61. The van der Waals surface area contributed by atoms with Gasteiger partial charge in [-0.15, -0.1) is 0 Å². The molecule has 0 aliphatic heterocycles. The van der Waals surface area contributed by atoms with Crippen molar-refractivity contribution >= 4 is 21.6 Å². The maximum Gasteiger partial charge on any atom is 0.241 e. The fourth-order valence-corrected chi connectivity index (χ4v) is 4.13. The van der Waals surface area contributed by atoms with Crippen molar-refractivity contribution < 1.29 is 13.5 Å². The molecule has 19 heavy (non-hydrogen) atoms. The van der Waals surface area contributed by atoms with Crippen LogP contribution in [0, 0.1) is 12.3 Å². The van der Waals surface area contributed by atoms with Crippen LogP contribution in [0.4, 0.5) is 0 Å². The molecule has 4 nitrogen and oxygen atoms in total. The topological polar surface area (TPSA) is 66.4 Å². The number of benzene rings is 1. The van der Waals surface area contributed by atoms with Gasteiger partial charge in [0.05, 0.1) is 11.0 Å². The van der Waals surface area contributed by atoms with E-state index in [-0.39, 0.29) is 10.9 Å². The van der Waals surface area contributed by atoms with E-state index in [0.29, 0.717) is 17.0 Å². The summed E-state index contributed by atoms with van der Waals surface area (Å²) in [6, 6.07) is 4.53. The summed E-state index contributed by atoms with van der Waals surface area (Å²) < 4.78 is 27.4. The number of aliphatic hydroxyl groups excluding tert-OH is 1. The molecule has 1 aliphatic carbocycles. The molecule has 106 valence electrons. The smallest absolute Gasteiger partial charge is 0.241 e. The van der Waals surface area contributed by atoms with Gasteiger partial charge in [0.15, 0.2) is 0 Å². The summed E-state index contributed by atoms with van der Waals surface area (Å²) in [4.78, 5) is 0.192. The second kappa shape index (κ2) is 4.74. The first-order chi connectivity index (χ1) is 8.64. The maximum absolute atomic E-state index is 12.4. The van der Waals surface area contributed by atoms with Crippen molar-refractivity contribution in [2.75, 3.05) is 0 Å². The predicted molar refractivity (Wildman–Crippen MR) is 74.7 cm³/mol. The number of nitrogens with one attached hydrogen (secondary N) is 1. The number of halogens is 1. The van der Waals surface area contributed by atoms with Gasteiger partial charge in [-0.05, 0) is 31.0 Å². The lowest BCUT2D eigenvalue weighted by Gasteiger charge is -2.49. The lowest BCUT2D eigenvalue weighted by atomic mass is 9.65. The molecule has 0 amide bonds. The predicted octanol–water partition coefficient (Wildman–Crippen LogP) is 2.09. The monoisotopic (exact) mass is 303 g/mol. The highest BCUT2D eigenvalue weighted by Gasteiger charge is 2.49. The first-order valence-electron chi connectivity index (χ1n) is 6.11. The van der Waals surface area contributed by atoms with Crippen LogP contribution in [0.2, 0.25) is 5.02 Å². The van der Waals surface area contributed by atoms with Crippen LogP contribution in [0.3, 0.4) is 0 Å². The molecule has 1 saturated carbocycles. The standard InChI is InChI=1S/C13H18ClNO3S/c1-8-4-5-9(14)6-10(8)19(17,18)15-11-7-12(16)13(11,2)3/h4-6,11-12,15-16H,7H2,1-3H3. The number of aliphatic hydroxyl groups is 1. The molecule has 1 aromatic carbocycles. The first-order valence-corrected chi connectivity index (χ1v) is 7.97. The van der Waals surface area contributed by atoms with Crippen LogP contribution in [-0.4, -0.2) is 25.7 Å². The van der Waals surface area contributed by atoms with Crippen molar-refractivity contribution in [2.24, 2.45) is 5.41 Å². The molecule has 0 spiro atoms. The highest BCUT2D eigenvalue weighted by molar-refractivity contribution is 7.89. The third kappa shape index (κ3) is 2.65. The Morgan fingerprint density at radius 2 is 2.05 bits per heavy atom. The molecule has 2 atom stereocenters. The summed E-state index contributed by atoms with van der Waals surface area (Å²) in [5.74, 6) is 0. The SMILES string of the molecule is Cc1ccc(Cl)cc1S(=O)(=O)NC1CC(O)C1(C)C. The lowest BCUT2D eigenvalue weighted by molar-refractivity contribution is -0.0645. The maximum atomic E-state index is 12.4. The summed E-state index contributed by atoms with van der Waals surface area (Å²) in [6.07, 6.45) is -0.0353. The quantitative estimate of drug-likeness (QED) is 0.898. The van der Waals surface area contributed by atoms with E-state index in [2.05, 4.69) is 4.72 Å². The van der Waals surface area contributed by atoms with Crippen LogP contribution < -0.4 is 4.72 Å². The third-order valence-electron chi connectivity index (χ3n) is 3.95. The van der Waals surface area contributed by atoms with Crippen molar-refractivity contribution in [2.45, 2.75) is 44.2 Å². The van der Waals surface area contributed by atoms with Gasteiger partial charge >= 0.3 is 0 Å². The molecule has 0 saturated heterocycles. The zero-order chi connectivity index (χ0) is 14.4. The summed E-state index contributed by atoms with van der Waals surface area (Å²) >= 11 is 5.85. The first kappa shape index (κ1) is 14.8. The van der Waals surface area contributed by atoms with E-state index < -0.39 is 21.5 Å². The van der Waals surface area contributed by atoms with Gasteiger partial charge in [0.1, 0.15) is 0 Å². The second-order valence-corrected chi connectivity index (χ2v) is 7.78. The molecule has 0 aromatic heterocycles. The summed E-state index contributed by atoms with van der Waals surface area (Å²) in [7, 11) is -3.61. The van der Waals surface area contributed by atoms with E-state index in [1.165, 1.54) is 6.07 Å². The molecule has 1 fully saturated rings. The van der Waals surface area contributed by atoms with Crippen LogP contribution >= 0.6 is 11.6 Å². The van der Waals surface area contributed by atoms with Crippen LogP contribution in [0.15, 0.2) is 23.1 Å². The largest absolute Gasteiger partial charge is 0.392 e. The van der Waals surface area contributed by atoms with E-state index in [1.54, 1.807) is 19.1 Å². The van der Waals surface area contributed by atoms with Crippen molar-refractivity contribution in [1.29, 1.82) is 0 Å². The molecule has 0 heterocycles. The molecule has 0 bridgehead atoms. The number of hydrogen-bond donors (Lipinski definition) is 2. The Morgan fingerprint density at radius 3 is 2.58 bits per heavy atom. The Morgan fingerprint density at radius 1 is 1.42 bits per heavy atom. The van der Waals surface area contributed by atoms with Crippen LogP contribution in [0.5, 0.6) is 0 Å². The molecular weight excluding hydrogens is 286 g/mol. The molecule has 1 aromatic rings. The Kier molecular flexibility index (Phi) is 3.68. The molecule has 2 rings (SSSR count). The van der Waals surface area contributed by atoms with Gasteiger partial charge in [0, 0.05) is 16.5 Å². The third-order valence-corrected chi connectivity index (χ3v) is 5.80. The van der Waals surface area contributed by atoms with E-state index in [1.807, 2.05) is 13.8 Å². The highest BCUT2D eigenvalue weighted by atomic mass is 35.5. The fourth-order valence-electron chi connectivity index (χ4n) is 2.22. The minimum absolute atomic E-state index is 0.192. The van der Waals surface area contributed by atoms with Crippen molar-refractivity contribution in [3.05, 3.63) is 28.8 Å². The van der Waals surface area contributed by atoms with Crippen LogP contribution in [0.1, 0.15) is 25.8 Å². The average Bonchev–Trinajstić information content (AvgIpc) is 2.31. The number of hydrogen-bond acceptors (Lipinski definition) is 3. The van der Waals surface area contributed by atoms with Crippen molar-refractivity contribution in [3.8, 4) is 0 Å². The minimum Gasteiger partial charge on any atom is -0.392 e. The Labute approximate surface area is 118 Å². The van der Waals surface area contributed by atoms with E-state index >= 15 is 0 Å². The molecule has 2 unspecified atom stereocenters. The van der Waals surface area contributed by atoms with Gasteiger partial charge in [0.25, 0.3) is 0 Å². The van der Waals surface area contributed by atoms with Crippen LogP contribution in [0.25, 0.3) is 0 Å². The van der Waals surface area contributed by atoms with Gasteiger partial charge in [0.2, 0.25) is 10.0 Å². The van der Waals surface area contributed by atoms with Gasteiger partial charge in [-0.3, -0.25) is 0 Å². The Balaban J connectivity index is 2.27. The van der Waals surface area contributed by atoms with Crippen molar-refractivity contribution in [1.82, 2.24) is 4.72 Å². The Bertz CT molecular complexity index is 598. The van der Waals surface area contributed by atoms with E-state index in [0.717, 1.165) is 0 Å². The summed E-state index contributed by atoms with van der Waals surface area (Å²) in [5.41, 5.74) is 0.203. The van der Waals surface area contributed by atoms with Gasteiger partial charge < -0.3 is 5.11 Å². The fraction of sp³-hybridized carbons (Fsp3) is 0.538. The summed E-state index contributed by atoms with van der Waals surface area (Å²) in [5, 5.41) is 10.0. The highest BCUT2D eigenvalue weighted by Crippen LogP contribution is 2.41. The molecule has 6 heteroatoms. The van der Waals surface area contributed by atoms with E-state index in [4.69, 9.17) is 11.6 Å². The van der Waals surface area contributed by atoms with E-state index in [9.17, 15) is 13.5 Å². The zero-order valence-electron chi connectivity index (χ0n) is 11.1. The van der Waals surface area contributed by atoms with Gasteiger partial charge in [-0.2, -0.15) is 0 Å². The molecule has 2 N–H and O–H groups in total. The van der Waals surface area contributed by atoms with Crippen LogP contribution in [-0.2, 0) is 10.0 Å². The van der Waals surface area contributed by atoms with Crippen molar-refractivity contribution in [3.63, 3.8) is 0 Å². The molecule has 0 radical (unpaired) electrons. The van der Waals surface area contributed by atoms with Gasteiger partial charge in [-0.25, -0.2) is 13.1 Å². The normalized spacial score (nSPS) is 25.9. The summed E-state index contributed by atoms with van der Waals surface area (Å²) in [6.45, 7) is 5.42. The Hall–Kier alpha value is -0.620. The second-order valence-electron chi connectivity index (χ2n) is 5.66. The number of sulfonamides is 1. The molecular formula is C13H18ClNO3S. The minimum atomic E-state index is -3.61. The van der Waals surface area contributed by atoms with Gasteiger partial charge in [-0.1, -0.05) is 31.5 Å². The average molecular weight is 304 g/mol.